The number of hydrogen-bond acceptors (Lipinski definition) is 4. The van der Waals surface area contributed by atoms with Gasteiger partial charge in [-0.25, -0.2) is 0 Å². The molecule has 0 aromatic carbocycles. The summed E-state index contributed by atoms with van der Waals surface area (Å²) in [6.45, 7) is 8.09. The molecule has 0 N–H and O–H groups in total. The summed E-state index contributed by atoms with van der Waals surface area (Å²) in [4.78, 5) is 25.2. The number of likely N-dealkylation sites (tertiary alicyclic amines) is 1. The molecule has 3 atom stereocenters. The van der Waals surface area contributed by atoms with Crippen LogP contribution in [0.3, 0.4) is 0 Å². The lowest BCUT2D eigenvalue weighted by Gasteiger charge is -2.35. The Morgan fingerprint density at radius 1 is 1.32 bits per heavy atom. The molecule has 0 aliphatic carbocycles. The van der Waals surface area contributed by atoms with E-state index in [1.165, 1.54) is 25.3 Å². The zero-order chi connectivity index (χ0) is 14.4. The molecule has 1 heterocycles. The highest BCUT2D eigenvalue weighted by atomic mass is 32.2. The number of hydrogen-bond donors (Lipinski definition) is 0. The second-order valence-corrected chi connectivity index (χ2v) is 7.07. The molecule has 0 spiro atoms. The Labute approximate surface area is 120 Å². The van der Waals surface area contributed by atoms with E-state index in [1.807, 2.05) is 11.8 Å². The Kier molecular flexibility index (Phi) is 6.69. The molecule has 19 heavy (non-hydrogen) atoms. The molecule has 1 aliphatic heterocycles. The lowest BCUT2D eigenvalue weighted by molar-refractivity contribution is -0.140. The van der Waals surface area contributed by atoms with Gasteiger partial charge in [-0.15, -0.1) is 11.8 Å². The summed E-state index contributed by atoms with van der Waals surface area (Å²) < 4.78 is 4.62. The number of carbonyl (C=O) groups is 2. The van der Waals surface area contributed by atoms with Crippen LogP contribution in [-0.2, 0) is 14.3 Å². The molecule has 110 valence electrons. The molecule has 1 aliphatic rings. The highest BCUT2D eigenvalue weighted by Gasteiger charge is 2.25. The van der Waals surface area contributed by atoms with E-state index in [0.29, 0.717) is 24.0 Å². The number of amides is 1. The highest BCUT2D eigenvalue weighted by Crippen LogP contribution is 2.22. The molecule has 1 amide bonds. The number of carbonyl (C=O) groups excluding carboxylic acids is 2. The summed E-state index contributed by atoms with van der Waals surface area (Å²) in [6.07, 6.45) is 1.57. The summed E-state index contributed by atoms with van der Waals surface area (Å²) in [5, 5.41) is 0.121. The molecule has 0 radical (unpaired) electrons. The lowest BCUT2D eigenvalue weighted by Crippen LogP contribution is -2.43. The molecule has 0 aromatic heterocycles. The van der Waals surface area contributed by atoms with Crippen molar-refractivity contribution in [1.29, 1.82) is 0 Å². The van der Waals surface area contributed by atoms with Gasteiger partial charge < -0.3 is 9.64 Å². The van der Waals surface area contributed by atoms with Crippen molar-refractivity contribution >= 4 is 23.6 Å². The van der Waals surface area contributed by atoms with Crippen molar-refractivity contribution in [3.05, 3.63) is 0 Å². The van der Waals surface area contributed by atoms with E-state index < -0.39 is 0 Å². The minimum absolute atomic E-state index is 0.121. The zero-order valence-corrected chi connectivity index (χ0v) is 13.2. The third-order valence-electron chi connectivity index (χ3n) is 3.39. The average molecular weight is 287 g/mol. The zero-order valence-electron chi connectivity index (χ0n) is 12.3. The van der Waals surface area contributed by atoms with Gasteiger partial charge in [0.25, 0.3) is 0 Å². The maximum Gasteiger partial charge on any atom is 0.306 e. The van der Waals surface area contributed by atoms with Crippen LogP contribution in [0.25, 0.3) is 0 Å². The Morgan fingerprint density at radius 2 is 1.89 bits per heavy atom. The van der Waals surface area contributed by atoms with Gasteiger partial charge in [-0.05, 0) is 18.3 Å². The van der Waals surface area contributed by atoms with Crippen molar-refractivity contribution in [2.24, 2.45) is 11.8 Å². The number of methoxy groups -OCH3 is 1. The molecule has 4 nitrogen and oxygen atoms in total. The normalized spacial score (nSPS) is 24.9. The molecule has 1 fully saturated rings. The van der Waals surface area contributed by atoms with E-state index in [2.05, 4.69) is 18.6 Å². The Balaban J connectivity index is 2.32. The lowest BCUT2D eigenvalue weighted by atomic mass is 9.92. The van der Waals surface area contributed by atoms with Gasteiger partial charge in [-0.3, -0.25) is 9.59 Å². The van der Waals surface area contributed by atoms with E-state index in [0.717, 1.165) is 13.1 Å². The Hall–Kier alpha value is -0.710. The van der Waals surface area contributed by atoms with Crippen LogP contribution >= 0.6 is 11.8 Å². The number of nitrogens with zero attached hydrogens (tertiary/aromatic N) is 1. The number of esters is 1. The quantitative estimate of drug-likeness (QED) is 0.727. The smallest absolute Gasteiger partial charge is 0.306 e. The first-order valence-corrected chi connectivity index (χ1v) is 7.93. The number of ether oxygens (including phenoxy) is 1. The van der Waals surface area contributed by atoms with Crippen LogP contribution in [0.1, 0.15) is 33.6 Å². The van der Waals surface area contributed by atoms with Crippen LogP contribution in [0, 0.1) is 11.8 Å². The van der Waals surface area contributed by atoms with Crippen LogP contribution in [0.4, 0.5) is 0 Å². The van der Waals surface area contributed by atoms with Crippen LogP contribution in [0.15, 0.2) is 0 Å². The van der Waals surface area contributed by atoms with Crippen LogP contribution in [-0.4, -0.2) is 48.0 Å². The van der Waals surface area contributed by atoms with Gasteiger partial charge in [0.05, 0.1) is 19.3 Å². The van der Waals surface area contributed by atoms with Gasteiger partial charge >= 0.3 is 5.97 Å². The van der Waals surface area contributed by atoms with Crippen molar-refractivity contribution in [3.63, 3.8) is 0 Å². The summed E-state index contributed by atoms with van der Waals surface area (Å²) in [5.74, 6) is 1.61. The van der Waals surface area contributed by atoms with Gasteiger partial charge in [0.1, 0.15) is 0 Å². The summed E-state index contributed by atoms with van der Waals surface area (Å²) in [7, 11) is 1.39. The van der Waals surface area contributed by atoms with Crippen molar-refractivity contribution in [2.75, 3.05) is 26.0 Å². The number of piperidine rings is 1. The third kappa shape index (κ3) is 5.85. The summed E-state index contributed by atoms with van der Waals surface area (Å²) in [5.41, 5.74) is 0. The van der Waals surface area contributed by atoms with Gasteiger partial charge in [-0.1, -0.05) is 20.8 Å². The van der Waals surface area contributed by atoms with E-state index in [4.69, 9.17) is 0 Å². The van der Waals surface area contributed by atoms with Crippen molar-refractivity contribution in [2.45, 2.75) is 38.9 Å². The van der Waals surface area contributed by atoms with Gasteiger partial charge in [0, 0.05) is 18.3 Å². The molecule has 1 saturated heterocycles. The minimum Gasteiger partial charge on any atom is -0.469 e. The van der Waals surface area contributed by atoms with E-state index in [-0.39, 0.29) is 17.1 Å². The van der Waals surface area contributed by atoms with E-state index >= 15 is 0 Å². The predicted molar refractivity (Wildman–Crippen MR) is 78.1 cm³/mol. The van der Waals surface area contributed by atoms with Gasteiger partial charge in [-0.2, -0.15) is 0 Å². The number of rotatable bonds is 5. The summed E-state index contributed by atoms with van der Waals surface area (Å²) in [6, 6.07) is 0. The van der Waals surface area contributed by atoms with Gasteiger partial charge in [0.15, 0.2) is 0 Å². The molecule has 1 rings (SSSR count). The van der Waals surface area contributed by atoms with Crippen molar-refractivity contribution in [1.82, 2.24) is 4.90 Å². The molecule has 3 unspecified atom stereocenters. The maximum atomic E-state index is 12.1. The molecular formula is C14H25NO3S. The topological polar surface area (TPSA) is 46.6 Å². The summed E-state index contributed by atoms with van der Waals surface area (Å²) >= 11 is 1.53. The first kappa shape index (κ1) is 16.3. The number of thioether (sulfide) groups is 1. The second-order valence-electron chi connectivity index (χ2n) is 5.65. The SMILES string of the molecule is COC(=O)CC(C)SCC(=O)N1CC(C)CC(C)C1. The fourth-order valence-electron chi connectivity index (χ4n) is 2.55. The standard InChI is InChI=1S/C14H25NO3S/c1-10-5-11(2)8-15(7-10)13(16)9-19-12(3)6-14(17)18-4/h10-12H,5-9H2,1-4H3. The van der Waals surface area contributed by atoms with Crippen molar-refractivity contribution in [3.8, 4) is 0 Å². The van der Waals surface area contributed by atoms with Crippen LogP contribution in [0.2, 0.25) is 0 Å². The molecule has 0 saturated carbocycles. The fourth-order valence-corrected chi connectivity index (χ4v) is 3.41. The molecule has 0 bridgehead atoms. The molecular weight excluding hydrogens is 262 g/mol. The van der Waals surface area contributed by atoms with Gasteiger partial charge in [0.2, 0.25) is 5.91 Å². The molecule has 0 aromatic rings. The largest absolute Gasteiger partial charge is 0.469 e. The van der Waals surface area contributed by atoms with Crippen molar-refractivity contribution < 1.29 is 14.3 Å². The fraction of sp³-hybridized carbons (Fsp3) is 0.857. The highest BCUT2D eigenvalue weighted by molar-refractivity contribution is 8.00. The Morgan fingerprint density at radius 3 is 2.42 bits per heavy atom. The monoisotopic (exact) mass is 287 g/mol. The predicted octanol–water partition coefficient (Wildman–Crippen LogP) is 2.18. The second kappa shape index (κ2) is 7.78. The van der Waals surface area contributed by atoms with Crippen LogP contribution in [0.5, 0.6) is 0 Å². The van der Waals surface area contributed by atoms with Crippen LogP contribution < -0.4 is 0 Å². The van der Waals surface area contributed by atoms with E-state index in [1.54, 1.807) is 0 Å². The Bertz CT molecular complexity index is 312. The van der Waals surface area contributed by atoms with E-state index in [9.17, 15) is 9.59 Å². The first-order valence-electron chi connectivity index (χ1n) is 6.88. The third-order valence-corrected chi connectivity index (χ3v) is 4.54. The minimum atomic E-state index is -0.215. The molecule has 5 heteroatoms. The first-order chi connectivity index (χ1) is 8.92. The average Bonchev–Trinajstić information content (AvgIpc) is 2.34. The maximum absolute atomic E-state index is 12.1.